The van der Waals surface area contributed by atoms with Crippen LogP contribution in [0.5, 0.6) is 0 Å². The summed E-state index contributed by atoms with van der Waals surface area (Å²) in [7, 11) is 0. The maximum absolute atomic E-state index is 15.1. The topological polar surface area (TPSA) is 115 Å². The smallest absolute Gasteiger partial charge is 0.327 e. The third-order valence-corrected chi connectivity index (χ3v) is 7.36. The van der Waals surface area contributed by atoms with Gasteiger partial charge in [0.15, 0.2) is 5.82 Å². The first-order chi connectivity index (χ1) is 18.1. The summed E-state index contributed by atoms with van der Waals surface area (Å²) in [4.78, 5) is 35.2. The van der Waals surface area contributed by atoms with Crippen LogP contribution < -0.4 is 20.4 Å². The summed E-state index contributed by atoms with van der Waals surface area (Å²) in [6, 6.07) is 1.89. The summed E-state index contributed by atoms with van der Waals surface area (Å²) in [6.45, 7) is 11.0. The van der Waals surface area contributed by atoms with E-state index in [2.05, 4.69) is 40.4 Å². The molecule has 2 fully saturated rings. The highest BCUT2D eigenvalue weighted by atomic mass is 19.1. The molecule has 0 atom stereocenters. The molecular formula is C27H34FN7O3. The summed E-state index contributed by atoms with van der Waals surface area (Å²) in [6.07, 6.45) is 6.43. The van der Waals surface area contributed by atoms with Crippen molar-refractivity contribution in [2.45, 2.75) is 58.4 Å². The Balaban J connectivity index is 0.000000937. The van der Waals surface area contributed by atoms with Crippen molar-refractivity contribution in [1.29, 1.82) is 0 Å². The van der Waals surface area contributed by atoms with Crippen molar-refractivity contribution in [3.8, 4) is 0 Å². The molecule has 0 unspecified atom stereocenters. The first-order valence-electron chi connectivity index (χ1n) is 13.0. The van der Waals surface area contributed by atoms with E-state index in [-0.39, 0.29) is 23.7 Å². The Kier molecular flexibility index (Phi) is 6.72. The Morgan fingerprint density at radius 2 is 1.97 bits per heavy atom. The van der Waals surface area contributed by atoms with E-state index in [4.69, 9.17) is 14.9 Å². The standard InChI is InChI=1S/C26H32FN7O.CH2O2/c1-15-12-33-13-20(22(27)16(2)23(33)29-15)31-25(35)34-9-7-18-21(32-10-8-28-26(3,4)14-32)11-19(17-5-6-17)30-24(18)34;2-1-3/h11-13,17,28H,5-10,14H2,1-4H3,(H,31,35);1H,(H,2,3). The van der Waals surface area contributed by atoms with Gasteiger partial charge in [0.1, 0.15) is 11.5 Å². The van der Waals surface area contributed by atoms with Gasteiger partial charge in [0.2, 0.25) is 0 Å². The predicted molar refractivity (Wildman–Crippen MR) is 144 cm³/mol. The Morgan fingerprint density at radius 1 is 1.24 bits per heavy atom. The minimum absolute atomic E-state index is 0.0174. The maximum Gasteiger partial charge on any atom is 0.327 e. The number of aromatic nitrogens is 3. The third-order valence-electron chi connectivity index (χ3n) is 7.36. The first-order valence-corrected chi connectivity index (χ1v) is 13.0. The molecule has 38 heavy (non-hydrogen) atoms. The van der Waals surface area contributed by atoms with Crippen LogP contribution in [0, 0.1) is 19.7 Å². The van der Waals surface area contributed by atoms with E-state index in [1.165, 1.54) is 5.69 Å². The van der Waals surface area contributed by atoms with Gasteiger partial charge in [0.25, 0.3) is 6.47 Å². The number of imidazole rings is 1. The number of carbonyl (C=O) groups is 2. The van der Waals surface area contributed by atoms with Gasteiger partial charge in [0, 0.05) is 72.5 Å². The van der Waals surface area contributed by atoms with E-state index in [0.717, 1.165) is 61.7 Å². The van der Waals surface area contributed by atoms with E-state index in [9.17, 15) is 4.79 Å². The van der Waals surface area contributed by atoms with Crippen LogP contribution in [0.3, 0.4) is 0 Å². The Labute approximate surface area is 220 Å². The monoisotopic (exact) mass is 523 g/mol. The van der Waals surface area contributed by atoms with Gasteiger partial charge in [-0.2, -0.15) is 0 Å². The van der Waals surface area contributed by atoms with Crippen molar-refractivity contribution in [3.05, 3.63) is 46.8 Å². The van der Waals surface area contributed by atoms with E-state index in [0.29, 0.717) is 23.7 Å². The van der Waals surface area contributed by atoms with Crippen LogP contribution >= 0.6 is 0 Å². The zero-order valence-electron chi connectivity index (χ0n) is 22.2. The number of urea groups is 1. The quantitative estimate of drug-likeness (QED) is 0.447. The molecule has 0 spiro atoms. The van der Waals surface area contributed by atoms with Gasteiger partial charge in [-0.3, -0.25) is 9.69 Å². The molecule has 0 radical (unpaired) electrons. The number of carbonyl (C=O) groups excluding carboxylic acids is 1. The van der Waals surface area contributed by atoms with Crippen molar-refractivity contribution in [3.63, 3.8) is 0 Å². The molecular weight excluding hydrogens is 489 g/mol. The van der Waals surface area contributed by atoms with Crippen LogP contribution in [-0.4, -0.2) is 63.7 Å². The molecule has 3 N–H and O–H groups in total. The number of carboxylic acid groups (broad SMARTS) is 1. The van der Waals surface area contributed by atoms with Gasteiger partial charge in [-0.25, -0.2) is 19.2 Å². The Morgan fingerprint density at radius 3 is 2.66 bits per heavy atom. The molecule has 3 aromatic heterocycles. The molecule has 2 aliphatic heterocycles. The SMILES string of the molecule is Cc1cn2cc(NC(=O)N3CCc4c(N5CCNC(C)(C)C5)cc(C5CC5)nc43)c(F)c(C)c2n1.O=CO. The summed E-state index contributed by atoms with van der Waals surface area (Å²) in [5.74, 6) is 0.724. The molecule has 0 aromatic carbocycles. The number of rotatable bonds is 3. The van der Waals surface area contributed by atoms with Crippen LogP contribution in [0.4, 0.5) is 26.4 Å². The van der Waals surface area contributed by atoms with Gasteiger partial charge in [-0.15, -0.1) is 0 Å². The number of nitrogens with one attached hydrogen (secondary N) is 2. The van der Waals surface area contributed by atoms with Crippen LogP contribution in [0.1, 0.15) is 55.1 Å². The lowest BCUT2D eigenvalue weighted by Crippen LogP contribution is -2.57. The summed E-state index contributed by atoms with van der Waals surface area (Å²) >= 11 is 0. The number of anilines is 3. The van der Waals surface area contributed by atoms with Crippen molar-refractivity contribution >= 4 is 35.3 Å². The number of halogens is 1. The first kappa shape index (κ1) is 25.9. The lowest BCUT2D eigenvalue weighted by molar-refractivity contribution is -0.122. The lowest BCUT2D eigenvalue weighted by atomic mass is 10.00. The minimum atomic E-state index is -0.459. The van der Waals surface area contributed by atoms with E-state index in [1.807, 2.05) is 13.1 Å². The largest absolute Gasteiger partial charge is 0.483 e. The van der Waals surface area contributed by atoms with Gasteiger partial charge < -0.3 is 25.0 Å². The zero-order valence-corrected chi connectivity index (χ0v) is 22.2. The van der Waals surface area contributed by atoms with Gasteiger partial charge >= 0.3 is 6.03 Å². The highest BCUT2D eigenvalue weighted by molar-refractivity contribution is 6.03. The summed E-state index contributed by atoms with van der Waals surface area (Å²) in [5, 5.41) is 13.3. The lowest BCUT2D eigenvalue weighted by Gasteiger charge is -2.41. The average molecular weight is 524 g/mol. The normalized spacial score (nSPS) is 18.1. The number of hydrogen-bond acceptors (Lipinski definition) is 6. The Bertz CT molecular complexity index is 1400. The molecule has 6 rings (SSSR count). The highest BCUT2D eigenvalue weighted by Crippen LogP contribution is 2.44. The van der Waals surface area contributed by atoms with E-state index >= 15 is 4.39 Å². The second-order valence-electron chi connectivity index (χ2n) is 10.9. The number of piperazine rings is 1. The molecule has 5 heterocycles. The van der Waals surface area contributed by atoms with Gasteiger partial charge in [0.05, 0.1) is 11.4 Å². The van der Waals surface area contributed by atoms with Gasteiger partial charge in [-0.05, 0) is 53.0 Å². The third kappa shape index (κ3) is 4.90. The molecule has 1 aliphatic carbocycles. The van der Waals surface area contributed by atoms with Crippen LogP contribution in [0.25, 0.3) is 5.65 Å². The van der Waals surface area contributed by atoms with E-state index in [1.54, 1.807) is 22.4 Å². The number of hydrogen-bond donors (Lipinski definition) is 3. The number of nitrogens with zero attached hydrogens (tertiary/aromatic N) is 5. The molecule has 3 aliphatic rings. The predicted octanol–water partition coefficient (Wildman–Crippen LogP) is 3.85. The van der Waals surface area contributed by atoms with Crippen molar-refractivity contribution in [1.82, 2.24) is 19.7 Å². The van der Waals surface area contributed by atoms with Crippen molar-refractivity contribution in [2.24, 2.45) is 0 Å². The average Bonchev–Trinajstić information content (AvgIpc) is 3.52. The fraction of sp³-hybridized carbons (Fsp3) is 0.481. The molecule has 3 aromatic rings. The van der Waals surface area contributed by atoms with Crippen LogP contribution in [-0.2, 0) is 11.2 Å². The summed E-state index contributed by atoms with van der Waals surface area (Å²) < 4.78 is 16.9. The second-order valence-corrected chi connectivity index (χ2v) is 10.9. The molecule has 11 heteroatoms. The van der Waals surface area contributed by atoms with Crippen molar-refractivity contribution < 1.29 is 19.1 Å². The van der Waals surface area contributed by atoms with E-state index < -0.39 is 5.82 Å². The number of pyridine rings is 2. The highest BCUT2D eigenvalue weighted by Gasteiger charge is 2.36. The number of aryl methyl sites for hydroxylation is 2. The molecule has 0 bridgehead atoms. The minimum Gasteiger partial charge on any atom is -0.483 e. The number of amides is 2. The molecule has 202 valence electrons. The fourth-order valence-corrected chi connectivity index (χ4v) is 5.43. The molecule has 10 nitrogen and oxygen atoms in total. The molecule has 2 amide bonds. The molecule has 1 saturated carbocycles. The fourth-order valence-electron chi connectivity index (χ4n) is 5.43. The Hall–Kier alpha value is -3.73. The molecule has 1 saturated heterocycles. The maximum atomic E-state index is 15.1. The summed E-state index contributed by atoms with van der Waals surface area (Å²) in [5.41, 5.74) is 5.30. The van der Waals surface area contributed by atoms with Crippen molar-refractivity contribution in [2.75, 3.05) is 41.3 Å². The second kappa shape index (κ2) is 9.86. The van der Waals surface area contributed by atoms with Gasteiger partial charge in [-0.1, -0.05) is 0 Å². The van der Waals surface area contributed by atoms with Crippen LogP contribution in [0.15, 0.2) is 18.5 Å². The zero-order chi connectivity index (χ0) is 27.2. The number of fused-ring (bicyclic) bond motifs is 2. The van der Waals surface area contributed by atoms with Crippen LogP contribution in [0.2, 0.25) is 0 Å².